The molecule has 0 aliphatic carbocycles. The van der Waals surface area contributed by atoms with Crippen LogP contribution in [0.2, 0.25) is 0 Å². The molecule has 0 bridgehead atoms. The van der Waals surface area contributed by atoms with Crippen LogP contribution >= 0.6 is 0 Å². The summed E-state index contributed by atoms with van der Waals surface area (Å²) in [7, 11) is 3.33. The lowest BCUT2D eigenvalue weighted by Crippen LogP contribution is -2.18. The van der Waals surface area contributed by atoms with Gasteiger partial charge in [0.05, 0.1) is 14.2 Å². The average molecular weight is 231 g/mol. The van der Waals surface area contributed by atoms with Gasteiger partial charge in [0.1, 0.15) is 0 Å². The van der Waals surface area contributed by atoms with E-state index < -0.39 is 0 Å². The number of methoxy groups -OCH3 is 2. The first-order chi connectivity index (χ1) is 8.35. The van der Waals surface area contributed by atoms with Crippen LogP contribution in [0.1, 0.15) is 5.56 Å². The van der Waals surface area contributed by atoms with Gasteiger partial charge in [0, 0.05) is 18.7 Å². The molecule has 0 amide bonds. The fourth-order valence-electron chi connectivity index (χ4n) is 1.92. The number of rotatable bonds is 4. The highest BCUT2D eigenvalue weighted by atomic mass is 16.5. The van der Waals surface area contributed by atoms with Gasteiger partial charge in [-0.2, -0.15) is 0 Å². The lowest BCUT2D eigenvalue weighted by molar-refractivity contribution is 0.339. The van der Waals surface area contributed by atoms with Crippen LogP contribution in [0, 0.1) is 0 Å². The maximum absolute atomic E-state index is 5.42. The predicted molar refractivity (Wildman–Crippen MR) is 68.2 cm³/mol. The summed E-state index contributed by atoms with van der Waals surface area (Å²) in [5, 5.41) is 0. The Hall–Kier alpha value is -1.90. The number of benzene rings is 1. The second kappa shape index (κ2) is 5.43. The summed E-state index contributed by atoms with van der Waals surface area (Å²) >= 11 is 0. The fraction of sp³-hybridized carbons (Fsp3) is 0.286. The van der Waals surface area contributed by atoms with Crippen LogP contribution in [0.3, 0.4) is 0 Å². The van der Waals surface area contributed by atoms with Crippen molar-refractivity contribution in [2.75, 3.05) is 20.8 Å². The topological polar surface area (TPSA) is 21.7 Å². The summed E-state index contributed by atoms with van der Waals surface area (Å²) in [5.41, 5.74) is 1.13. The summed E-state index contributed by atoms with van der Waals surface area (Å²) in [6, 6.07) is 5.96. The van der Waals surface area contributed by atoms with Crippen molar-refractivity contribution in [3.8, 4) is 11.5 Å². The minimum absolute atomic E-state index is 0.779. The van der Waals surface area contributed by atoms with E-state index in [9.17, 15) is 0 Å². The van der Waals surface area contributed by atoms with Crippen molar-refractivity contribution >= 4 is 0 Å². The van der Waals surface area contributed by atoms with Crippen molar-refractivity contribution in [2.45, 2.75) is 6.54 Å². The lowest BCUT2D eigenvalue weighted by atomic mass is 10.1. The third-order valence-electron chi connectivity index (χ3n) is 2.74. The molecule has 1 heterocycles. The maximum atomic E-state index is 5.42. The molecule has 90 valence electrons. The van der Waals surface area contributed by atoms with Crippen LogP contribution in [0.5, 0.6) is 11.5 Å². The van der Waals surface area contributed by atoms with E-state index in [-0.39, 0.29) is 0 Å². The Morgan fingerprint density at radius 2 is 2.06 bits per heavy atom. The van der Waals surface area contributed by atoms with Gasteiger partial charge in [-0.3, -0.25) is 0 Å². The van der Waals surface area contributed by atoms with E-state index in [1.807, 2.05) is 18.2 Å². The van der Waals surface area contributed by atoms with E-state index in [0.29, 0.717) is 0 Å². The van der Waals surface area contributed by atoms with E-state index in [4.69, 9.17) is 9.47 Å². The zero-order valence-electron chi connectivity index (χ0n) is 10.2. The predicted octanol–water partition coefficient (Wildman–Crippen LogP) is 2.59. The van der Waals surface area contributed by atoms with Crippen LogP contribution in [-0.2, 0) is 6.54 Å². The Bertz CT molecular complexity index is 438. The van der Waals surface area contributed by atoms with E-state index in [2.05, 4.69) is 29.3 Å². The van der Waals surface area contributed by atoms with E-state index in [1.54, 1.807) is 14.2 Å². The Balaban J connectivity index is 2.20. The smallest absolute Gasteiger partial charge is 0.165 e. The molecule has 17 heavy (non-hydrogen) atoms. The van der Waals surface area contributed by atoms with Gasteiger partial charge >= 0.3 is 0 Å². The third-order valence-corrected chi connectivity index (χ3v) is 2.74. The van der Waals surface area contributed by atoms with Crippen LogP contribution in [-0.4, -0.2) is 25.7 Å². The number of nitrogens with zero attached hydrogens (tertiary/aromatic N) is 1. The van der Waals surface area contributed by atoms with Gasteiger partial charge < -0.3 is 14.4 Å². The number of para-hydroxylation sites is 1. The highest BCUT2D eigenvalue weighted by Crippen LogP contribution is 2.31. The molecule has 0 spiro atoms. The quantitative estimate of drug-likeness (QED) is 0.795. The van der Waals surface area contributed by atoms with Crippen molar-refractivity contribution in [2.24, 2.45) is 0 Å². The highest BCUT2D eigenvalue weighted by Gasteiger charge is 2.11. The summed E-state index contributed by atoms with van der Waals surface area (Å²) in [4.78, 5) is 2.22. The Labute approximate surface area is 102 Å². The van der Waals surface area contributed by atoms with Gasteiger partial charge in [0.2, 0.25) is 0 Å². The summed E-state index contributed by atoms with van der Waals surface area (Å²) in [6.45, 7) is 1.75. The number of hydrogen-bond donors (Lipinski definition) is 0. The van der Waals surface area contributed by atoms with Crippen LogP contribution in [0.4, 0.5) is 0 Å². The molecule has 3 nitrogen and oxygen atoms in total. The molecule has 3 heteroatoms. The monoisotopic (exact) mass is 231 g/mol. The van der Waals surface area contributed by atoms with Crippen molar-refractivity contribution in [1.82, 2.24) is 4.90 Å². The molecule has 0 unspecified atom stereocenters. The van der Waals surface area contributed by atoms with E-state index in [0.717, 1.165) is 30.2 Å². The normalized spacial score (nSPS) is 13.9. The molecule has 1 aliphatic heterocycles. The first-order valence-electron chi connectivity index (χ1n) is 5.62. The maximum Gasteiger partial charge on any atom is 0.165 e. The standard InChI is InChI=1S/C14H17NO2/c1-16-13-8-6-7-12(14(13)17-2)11-15-9-4-3-5-10-15/h3-9H,10-11H2,1-2H3. The molecule has 0 fully saturated rings. The van der Waals surface area contributed by atoms with Crippen LogP contribution in [0.15, 0.2) is 42.6 Å². The van der Waals surface area contributed by atoms with Gasteiger partial charge in [-0.1, -0.05) is 24.3 Å². The first kappa shape index (κ1) is 11.6. The number of allylic oxidation sites excluding steroid dienone is 2. The Morgan fingerprint density at radius 3 is 2.71 bits per heavy atom. The van der Waals surface area contributed by atoms with Gasteiger partial charge in [-0.05, 0) is 18.3 Å². The SMILES string of the molecule is COc1cccc(CN2C=CC=CC2)c1OC. The van der Waals surface area contributed by atoms with Crippen LogP contribution in [0.25, 0.3) is 0 Å². The van der Waals surface area contributed by atoms with Crippen molar-refractivity contribution in [3.63, 3.8) is 0 Å². The molecule has 0 saturated heterocycles. The molecule has 1 aliphatic rings. The molecule has 0 aromatic heterocycles. The van der Waals surface area contributed by atoms with Gasteiger partial charge in [-0.15, -0.1) is 0 Å². The molecule has 2 rings (SSSR count). The fourth-order valence-corrected chi connectivity index (χ4v) is 1.92. The molecule has 0 N–H and O–H groups in total. The third kappa shape index (κ3) is 2.61. The molecule has 0 saturated carbocycles. The molecule has 0 atom stereocenters. The summed E-state index contributed by atoms with van der Waals surface area (Å²) in [6.07, 6.45) is 8.31. The molecule has 1 aromatic rings. The van der Waals surface area contributed by atoms with E-state index in [1.165, 1.54) is 0 Å². The molecule has 0 radical (unpaired) electrons. The minimum Gasteiger partial charge on any atom is -0.493 e. The highest BCUT2D eigenvalue weighted by molar-refractivity contribution is 5.46. The van der Waals surface area contributed by atoms with Gasteiger partial charge in [-0.25, -0.2) is 0 Å². The summed E-state index contributed by atoms with van der Waals surface area (Å²) < 4.78 is 10.7. The molecular weight excluding hydrogens is 214 g/mol. The first-order valence-corrected chi connectivity index (χ1v) is 5.62. The zero-order valence-corrected chi connectivity index (χ0v) is 10.2. The van der Waals surface area contributed by atoms with Crippen molar-refractivity contribution in [1.29, 1.82) is 0 Å². The summed E-state index contributed by atoms with van der Waals surface area (Å²) in [5.74, 6) is 1.60. The lowest BCUT2D eigenvalue weighted by Gasteiger charge is -2.22. The van der Waals surface area contributed by atoms with Gasteiger partial charge in [0.15, 0.2) is 11.5 Å². The van der Waals surface area contributed by atoms with Crippen molar-refractivity contribution in [3.05, 3.63) is 48.2 Å². The molecule has 1 aromatic carbocycles. The average Bonchev–Trinajstić information content (AvgIpc) is 2.39. The largest absolute Gasteiger partial charge is 0.493 e. The van der Waals surface area contributed by atoms with E-state index >= 15 is 0 Å². The Kier molecular flexibility index (Phi) is 3.70. The minimum atomic E-state index is 0.779. The zero-order chi connectivity index (χ0) is 12.1. The second-order valence-corrected chi connectivity index (χ2v) is 3.85. The molecular formula is C14H17NO2. The number of ether oxygens (including phenoxy) is 2. The number of hydrogen-bond acceptors (Lipinski definition) is 3. The van der Waals surface area contributed by atoms with Crippen LogP contribution < -0.4 is 9.47 Å². The van der Waals surface area contributed by atoms with Crippen molar-refractivity contribution < 1.29 is 9.47 Å². The Morgan fingerprint density at radius 1 is 1.18 bits per heavy atom. The second-order valence-electron chi connectivity index (χ2n) is 3.85. The van der Waals surface area contributed by atoms with Gasteiger partial charge in [0.25, 0.3) is 0 Å².